The topological polar surface area (TPSA) is 70.6 Å². The van der Waals surface area contributed by atoms with Crippen molar-refractivity contribution in [2.24, 2.45) is 11.8 Å². The second-order valence-corrected chi connectivity index (χ2v) is 9.32. The molecule has 5 rings (SSSR count). The number of carbonyl (C=O) groups is 1. The molecule has 1 aromatic heterocycles. The summed E-state index contributed by atoms with van der Waals surface area (Å²) in [6.45, 7) is 4.24. The largest absolute Gasteiger partial charge is 0.457 e. The van der Waals surface area contributed by atoms with E-state index in [-0.39, 0.29) is 6.03 Å². The Morgan fingerprint density at radius 3 is 2.52 bits per heavy atom. The van der Waals surface area contributed by atoms with Gasteiger partial charge < -0.3 is 9.64 Å². The number of hydrogen-bond acceptors (Lipinski definition) is 5. The zero-order chi connectivity index (χ0) is 22.8. The van der Waals surface area contributed by atoms with Gasteiger partial charge in [-0.2, -0.15) is 0 Å². The van der Waals surface area contributed by atoms with E-state index < -0.39 is 0 Å². The minimum Gasteiger partial charge on any atom is -0.457 e. The number of nitrogens with one attached hydrogen (secondary N) is 1. The Kier molecular flexibility index (Phi) is 6.35. The van der Waals surface area contributed by atoms with Crippen molar-refractivity contribution >= 4 is 35.1 Å². The van der Waals surface area contributed by atoms with Crippen LogP contribution in [0.25, 0.3) is 0 Å². The van der Waals surface area contributed by atoms with Crippen molar-refractivity contribution in [2.75, 3.05) is 31.5 Å². The molecule has 0 bridgehead atoms. The van der Waals surface area contributed by atoms with Crippen LogP contribution in [0, 0.1) is 11.8 Å². The maximum Gasteiger partial charge on any atom is 0.323 e. The van der Waals surface area contributed by atoms with Gasteiger partial charge in [0.1, 0.15) is 22.8 Å². The number of carbonyl (C=O) groups excluding carboxylic acids is 1. The number of anilines is 1. The number of nitrogens with zero attached hydrogens (tertiary/aromatic N) is 4. The maximum absolute atomic E-state index is 12.6. The van der Waals surface area contributed by atoms with E-state index >= 15 is 0 Å². The fourth-order valence-corrected chi connectivity index (χ4v) is 4.85. The molecule has 33 heavy (non-hydrogen) atoms. The first-order valence-electron chi connectivity index (χ1n) is 10.8. The Bertz CT molecular complexity index is 1130. The number of amides is 2. The second-order valence-electron chi connectivity index (χ2n) is 8.47. The summed E-state index contributed by atoms with van der Waals surface area (Å²) in [5, 5.41) is 3.81. The van der Waals surface area contributed by atoms with Gasteiger partial charge in [0.15, 0.2) is 5.82 Å². The first-order chi connectivity index (χ1) is 16.0. The van der Waals surface area contributed by atoms with Crippen LogP contribution in [0.2, 0.25) is 10.0 Å². The molecule has 0 spiro atoms. The van der Waals surface area contributed by atoms with E-state index in [0.717, 1.165) is 44.2 Å². The monoisotopic (exact) mass is 483 g/mol. The average Bonchev–Trinajstić information content (AvgIpc) is 3.36. The summed E-state index contributed by atoms with van der Waals surface area (Å²) in [6.07, 6.45) is 2.84. The Morgan fingerprint density at radius 2 is 1.79 bits per heavy atom. The summed E-state index contributed by atoms with van der Waals surface area (Å²) in [5.41, 5.74) is 1.20. The van der Waals surface area contributed by atoms with E-state index in [1.54, 1.807) is 0 Å². The van der Waals surface area contributed by atoms with Crippen LogP contribution in [0.1, 0.15) is 5.56 Å². The molecular weight excluding hydrogens is 461 g/mol. The number of hydrogen-bond donors (Lipinski definition) is 1. The number of fused-ring (bicyclic) bond motifs is 1. The first kappa shape index (κ1) is 21.9. The fourth-order valence-electron chi connectivity index (χ4n) is 4.57. The second kappa shape index (κ2) is 9.55. The highest BCUT2D eigenvalue weighted by molar-refractivity contribution is 6.33. The van der Waals surface area contributed by atoms with Gasteiger partial charge in [0.05, 0.1) is 6.20 Å². The van der Waals surface area contributed by atoms with Gasteiger partial charge in [0.25, 0.3) is 0 Å². The minimum atomic E-state index is -0.163. The molecule has 2 saturated heterocycles. The van der Waals surface area contributed by atoms with Crippen molar-refractivity contribution in [3.8, 4) is 11.5 Å². The van der Waals surface area contributed by atoms with E-state index in [4.69, 9.17) is 27.9 Å². The third-order valence-corrected chi connectivity index (χ3v) is 6.62. The lowest BCUT2D eigenvalue weighted by molar-refractivity contribution is 0.211. The lowest BCUT2D eigenvalue weighted by Gasteiger charge is -2.22. The third kappa shape index (κ3) is 5.21. The van der Waals surface area contributed by atoms with E-state index in [2.05, 4.69) is 32.3 Å². The summed E-state index contributed by atoms with van der Waals surface area (Å²) in [6, 6.07) is 15.4. The van der Waals surface area contributed by atoms with Crippen LogP contribution in [0.5, 0.6) is 11.5 Å². The molecule has 2 aliphatic heterocycles. The molecule has 9 heteroatoms. The van der Waals surface area contributed by atoms with E-state index in [1.807, 2.05) is 41.3 Å². The predicted octanol–water partition coefficient (Wildman–Crippen LogP) is 5.17. The zero-order valence-electron chi connectivity index (χ0n) is 17.8. The molecule has 0 aliphatic carbocycles. The van der Waals surface area contributed by atoms with Gasteiger partial charge in [-0.05, 0) is 53.8 Å². The number of ether oxygens (including phenoxy) is 1. The lowest BCUT2D eigenvalue weighted by atomic mass is 10.0. The van der Waals surface area contributed by atoms with Crippen molar-refractivity contribution in [2.45, 2.75) is 6.54 Å². The van der Waals surface area contributed by atoms with Crippen LogP contribution in [0.3, 0.4) is 0 Å². The Labute approximate surface area is 202 Å². The standard InChI is InChI=1S/C24H23Cl2N5O2/c25-19-4-6-20(7-5-19)33-21-3-1-2-16(8-21)10-30-11-17-13-31(14-18(17)12-30)24(32)29-23-22(26)9-27-15-28-23/h1-9,15,17-18H,10-14H2,(H,27,28,29,32). The molecule has 2 aliphatic rings. The first-order valence-corrected chi connectivity index (χ1v) is 11.6. The SMILES string of the molecule is O=C(Nc1ncncc1Cl)N1CC2CN(Cc3cccc(Oc4ccc(Cl)cc4)c3)CC2C1. The molecule has 2 amide bonds. The third-order valence-electron chi connectivity index (χ3n) is 6.10. The van der Waals surface area contributed by atoms with Crippen LogP contribution in [-0.2, 0) is 6.54 Å². The average molecular weight is 484 g/mol. The molecular formula is C24H23Cl2N5O2. The molecule has 7 nitrogen and oxygen atoms in total. The van der Waals surface area contributed by atoms with E-state index in [9.17, 15) is 4.79 Å². The van der Waals surface area contributed by atoms with Gasteiger partial charge in [-0.3, -0.25) is 10.2 Å². The molecule has 2 atom stereocenters. The molecule has 2 aromatic carbocycles. The van der Waals surface area contributed by atoms with Crippen LogP contribution < -0.4 is 10.1 Å². The van der Waals surface area contributed by atoms with Gasteiger partial charge in [-0.1, -0.05) is 35.3 Å². The quantitative estimate of drug-likeness (QED) is 0.541. The molecule has 3 aromatic rings. The lowest BCUT2D eigenvalue weighted by Crippen LogP contribution is -2.36. The highest BCUT2D eigenvalue weighted by Crippen LogP contribution is 2.33. The fraction of sp³-hybridized carbons (Fsp3) is 0.292. The summed E-state index contributed by atoms with van der Waals surface area (Å²) >= 11 is 12.0. The normalized spacial score (nSPS) is 20.0. The van der Waals surface area contributed by atoms with Crippen LogP contribution >= 0.6 is 23.2 Å². The Hall–Kier alpha value is -2.87. The highest BCUT2D eigenvalue weighted by atomic mass is 35.5. The van der Waals surface area contributed by atoms with Crippen molar-refractivity contribution in [3.63, 3.8) is 0 Å². The van der Waals surface area contributed by atoms with Crippen molar-refractivity contribution in [3.05, 3.63) is 76.7 Å². The number of halogens is 2. The molecule has 0 radical (unpaired) electrons. The number of urea groups is 1. The number of benzene rings is 2. The van der Waals surface area contributed by atoms with Crippen molar-refractivity contribution < 1.29 is 9.53 Å². The van der Waals surface area contributed by atoms with Gasteiger partial charge in [-0.25, -0.2) is 14.8 Å². The number of likely N-dealkylation sites (tertiary alicyclic amines) is 2. The summed E-state index contributed by atoms with van der Waals surface area (Å²) in [7, 11) is 0. The molecule has 2 fully saturated rings. The van der Waals surface area contributed by atoms with Gasteiger partial charge in [-0.15, -0.1) is 0 Å². The molecule has 1 N–H and O–H groups in total. The van der Waals surface area contributed by atoms with Crippen molar-refractivity contribution in [1.82, 2.24) is 19.8 Å². The summed E-state index contributed by atoms with van der Waals surface area (Å²) in [5.74, 6) is 2.83. The van der Waals surface area contributed by atoms with Gasteiger partial charge in [0, 0.05) is 37.7 Å². The maximum atomic E-state index is 12.6. The predicted molar refractivity (Wildman–Crippen MR) is 128 cm³/mol. The summed E-state index contributed by atoms with van der Waals surface area (Å²) < 4.78 is 5.96. The van der Waals surface area contributed by atoms with Crippen LogP contribution in [0.4, 0.5) is 10.6 Å². The minimum absolute atomic E-state index is 0.163. The van der Waals surface area contributed by atoms with Gasteiger partial charge in [0.2, 0.25) is 0 Å². The number of rotatable bonds is 5. The molecule has 0 saturated carbocycles. The highest BCUT2D eigenvalue weighted by Gasteiger charge is 2.41. The van der Waals surface area contributed by atoms with E-state index in [0.29, 0.717) is 27.7 Å². The van der Waals surface area contributed by atoms with Gasteiger partial charge >= 0.3 is 6.03 Å². The Morgan fingerprint density at radius 1 is 1.03 bits per heavy atom. The molecule has 2 unspecified atom stereocenters. The van der Waals surface area contributed by atoms with E-state index in [1.165, 1.54) is 18.1 Å². The van der Waals surface area contributed by atoms with Crippen LogP contribution in [-0.4, -0.2) is 52.0 Å². The molecule has 3 heterocycles. The Balaban J connectivity index is 1.14. The van der Waals surface area contributed by atoms with Crippen molar-refractivity contribution in [1.29, 1.82) is 0 Å². The van der Waals surface area contributed by atoms with Crippen LogP contribution in [0.15, 0.2) is 61.1 Å². The zero-order valence-corrected chi connectivity index (χ0v) is 19.3. The summed E-state index contributed by atoms with van der Waals surface area (Å²) in [4.78, 5) is 24.8. The molecule has 170 valence electrons. The smallest absolute Gasteiger partial charge is 0.323 e. The number of aromatic nitrogens is 2.